The van der Waals surface area contributed by atoms with Gasteiger partial charge in [0.25, 0.3) is 0 Å². The first-order valence-electron chi connectivity index (χ1n) is 8.05. The maximum atomic E-state index is 13.1. The number of benzene rings is 1. The molecule has 1 aliphatic heterocycles. The van der Waals surface area contributed by atoms with Crippen LogP contribution in [0.4, 0.5) is 0 Å². The van der Waals surface area contributed by atoms with Gasteiger partial charge in [0.15, 0.2) is 9.84 Å². The minimum atomic E-state index is -3.54. The lowest BCUT2D eigenvalue weighted by Crippen LogP contribution is -2.38. The Labute approximate surface area is 136 Å². The summed E-state index contributed by atoms with van der Waals surface area (Å²) in [5.74, 6) is -0.467. The van der Waals surface area contributed by atoms with Crippen LogP contribution in [0, 0.1) is 5.92 Å². The third-order valence-corrected chi connectivity index (χ3v) is 7.22. The van der Waals surface area contributed by atoms with Crippen molar-refractivity contribution in [3.63, 3.8) is 0 Å². The van der Waals surface area contributed by atoms with E-state index in [9.17, 15) is 13.2 Å². The summed E-state index contributed by atoms with van der Waals surface area (Å²) < 4.78 is 37.0. The Balaban J connectivity index is 1.95. The molecule has 0 spiro atoms. The van der Waals surface area contributed by atoms with Gasteiger partial charge in [-0.25, -0.2) is 8.42 Å². The fourth-order valence-corrected chi connectivity index (χ4v) is 6.04. The third kappa shape index (κ3) is 3.15. The SMILES string of the molecule is COC(=O)C[C@@H]1O[C@@H]2CCCC[C@H]2[C@@H]1S(=O)(=O)c1ccccc1. The summed E-state index contributed by atoms with van der Waals surface area (Å²) in [4.78, 5) is 12.0. The van der Waals surface area contributed by atoms with Crippen LogP contribution in [0.15, 0.2) is 35.2 Å². The molecule has 1 aromatic rings. The van der Waals surface area contributed by atoms with Crippen molar-refractivity contribution < 1.29 is 22.7 Å². The highest BCUT2D eigenvalue weighted by Gasteiger charge is 2.52. The van der Waals surface area contributed by atoms with E-state index in [1.807, 2.05) is 0 Å². The fourth-order valence-electron chi connectivity index (χ4n) is 3.86. The fraction of sp³-hybridized carbons (Fsp3) is 0.588. The van der Waals surface area contributed by atoms with Gasteiger partial charge in [0.2, 0.25) is 0 Å². The molecule has 5 nitrogen and oxygen atoms in total. The molecule has 1 heterocycles. The number of rotatable bonds is 4. The maximum absolute atomic E-state index is 13.1. The zero-order chi connectivity index (χ0) is 16.4. The normalized spacial score (nSPS) is 30.7. The van der Waals surface area contributed by atoms with Crippen LogP contribution < -0.4 is 0 Å². The van der Waals surface area contributed by atoms with Crippen molar-refractivity contribution in [1.82, 2.24) is 0 Å². The van der Waals surface area contributed by atoms with Crippen molar-refractivity contribution in [3.05, 3.63) is 30.3 Å². The van der Waals surface area contributed by atoms with Gasteiger partial charge < -0.3 is 9.47 Å². The first-order chi connectivity index (χ1) is 11.0. The van der Waals surface area contributed by atoms with Crippen LogP contribution in [0.5, 0.6) is 0 Å². The molecule has 0 N–H and O–H groups in total. The monoisotopic (exact) mass is 338 g/mol. The van der Waals surface area contributed by atoms with Crippen LogP contribution in [-0.4, -0.2) is 39.0 Å². The number of hydrogen-bond donors (Lipinski definition) is 0. The lowest BCUT2D eigenvalue weighted by atomic mass is 9.85. The number of methoxy groups -OCH3 is 1. The largest absolute Gasteiger partial charge is 0.469 e. The van der Waals surface area contributed by atoms with E-state index >= 15 is 0 Å². The predicted molar refractivity (Wildman–Crippen MR) is 84.7 cm³/mol. The van der Waals surface area contributed by atoms with Crippen LogP contribution in [-0.2, 0) is 24.1 Å². The highest BCUT2D eigenvalue weighted by atomic mass is 32.2. The Morgan fingerprint density at radius 3 is 2.61 bits per heavy atom. The molecule has 1 aliphatic carbocycles. The summed E-state index contributed by atoms with van der Waals surface area (Å²) in [7, 11) is -2.23. The van der Waals surface area contributed by atoms with Crippen molar-refractivity contribution in [2.24, 2.45) is 5.92 Å². The zero-order valence-electron chi connectivity index (χ0n) is 13.2. The van der Waals surface area contributed by atoms with E-state index in [-0.39, 0.29) is 18.4 Å². The van der Waals surface area contributed by atoms with E-state index in [1.165, 1.54) is 7.11 Å². The first kappa shape index (κ1) is 16.5. The van der Waals surface area contributed by atoms with Crippen LogP contribution in [0.1, 0.15) is 32.1 Å². The van der Waals surface area contributed by atoms with Gasteiger partial charge in [-0.15, -0.1) is 0 Å². The molecule has 0 aromatic heterocycles. The average molecular weight is 338 g/mol. The van der Waals surface area contributed by atoms with Crippen molar-refractivity contribution in [2.75, 3.05) is 7.11 Å². The summed E-state index contributed by atoms with van der Waals surface area (Å²) in [6.45, 7) is 0. The van der Waals surface area contributed by atoms with Crippen LogP contribution >= 0.6 is 0 Å². The molecule has 2 fully saturated rings. The molecule has 0 unspecified atom stereocenters. The second-order valence-electron chi connectivity index (χ2n) is 6.26. The number of hydrogen-bond acceptors (Lipinski definition) is 5. The second-order valence-corrected chi connectivity index (χ2v) is 8.37. The van der Waals surface area contributed by atoms with Crippen LogP contribution in [0.2, 0.25) is 0 Å². The number of esters is 1. The minimum absolute atomic E-state index is 0.0137. The summed E-state index contributed by atoms with van der Waals surface area (Å²) in [6, 6.07) is 8.45. The molecule has 2 aliphatic rings. The molecular formula is C17H22O5S. The molecule has 126 valence electrons. The summed E-state index contributed by atoms with van der Waals surface area (Å²) in [6.07, 6.45) is 3.05. The molecule has 1 saturated carbocycles. The maximum Gasteiger partial charge on any atom is 0.308 e. The van der Waals surface area contributed by atoms with Gasteiger partial charge in [0.1, 0.15) is 0 Å². The lowest BCUT2D eigenvalue weighted by molar-refractivity contribution is -0.143. The smallest absolute Gasteiger partial charge is 0.308 e. The third-order valence-electron chi connectivity index (χ3n) is 4.92. The van der Waals surface area contributed by atoms with E-state index in [0.717, 1.165) is 25.7 Å². The van der Waals surface area contributed by atoms with Crippen LogP contribution in [0.25, 0.3) is 0 Å². The summed E-state index contributed by atoms with van der Waals surface area (Å²) in [5, 5.41) is -0.672. The quantitative estimate of drug-likeness (QED) is 0.788. The molecule has 1 saturated heterocycles. The van der Waals surface area contributed by atoms with Crippen molar-refractivity contribution in [2.45, 2.75) is 54.5 Å². The molecule has 0 amide bonds. The van der Waals surface area contributed by atoms with E-state index in [2.05, 4.69) is 0 Å². The first-order valence-corrected chi connectivity index (χ1v) is 9.60. The topological polar surface area (TPSA) is 69.7 Å². The standard InChI is InChI=1S/C17H22O5S/c1-21-16(18)11-15-17(13-9-5-6-10-14(13)22-15)23(19,20)12-7-3-2-4-8-12/h2-4,7-8,13-15,17H,5-6,9-11H2,1H3/t13-,14-,15+,17+/m1/s1. The highest BCUT2D eigenvalue weighted by Crippen LogP contribution is 2.43. The molecule has 4 atom stereocenters. The lowest BCUT2D eigenvalue weighted by Gasteiger charge is -2.27. The van der Waals surface area contributed by atoms with Crippen molar-refractivity contribution in [3.8, 4) is 0 Å². The van der Waals surface area contributed by atoms with Crippen molar-refractivity contribution in [1.29, 1.82) is 0 Å². The van der Waals surface area contributed by atoms with E-state index < -0.39 is 27.2 Å². The minimum Gasteiger partial charge on any atom is -0.469 e. The number of fused-ring (bicyclic) bond motifs is 1. The highest BCUT2D eigenvalue weighted by molar-refractivity contribution is 7.92. The van der Waals surface area contributed by atoms with Crippen molar-refractivity contribution >= 4 is 15.8 Å². The van der Waals surface area contributed by atoms with Gasteiger partial charge in [-0.05, 0) is 25.0 Å². The van der Waals surface area contributed by atoms with E-state index in [1.54, 1.807) is 30.3 Å². The summed E-state index contributed by atoms with van der Waals surface area (Å²) >= 11 is 0. The molecule has 3 rings (SSSR count). The van der Waals surface area contributed by atoms with Gasteiger partial charge in [-0.3, -0.25) is 4.79 Å². The Bertz CT molecular complexity index is 655. The Morgan fingerprint density at radius 1 is 1.22 bits per heavy atom. The van der Waals surface area contributed by atoms with E-state index in [0.29, 0.717) is 4.90 Å². The number of carbonyl (C=O) groups is 1. The molecule has 1 aromatic carbocycles. The molecule has 23 heavy (non-hydrogen) atoms. The summed E-state index contributed by atoms with van der Waals surface area (Å²) in [5.41, 5.74) is 0. The van der Waals surface area contributed by atoms with Gasteiger partial charge in [0, 0.05) is 5.92 Å². The number of carbonyl (C=O) groups excluding carboxylic acids is 1. The predicted octanol–water partition coefficient (Wildman–Crippen LogP) is 2.35. The number of ether oxygens (including phenoxy) is 2. The average Bonchev–Trinajstić information content (AvgIpc) is 2.94. The van der Waals surface area contributed by atoms with Gasteiger partial charge >= 0.3 is 5.97 Å². The second kappa shape index (κ2) is 6.61. The molecular weight excluding hydrogens is 316 g/mol. The molecule has 0 radical (unpaired) electrons. The van der Waals surface area contributed by atoms with Gasteiger partial charge in [-0.2, -0.15) is 0 Å². The van der Waals surface area contributed by atoms with Gasteiger partial charge in [0.05, 0.1) is 35.9 Å². The van der Waals surface area contributed by atoms with Crippen LogP contribution in [0.3, 0.4) is 0 Å². The van der Waals surface area contributed by atoms with Gasteiger partial charge in [-0.1, -0.05) is 31.0 Å². The zero-order valence-corrected chi connectivity index (χ0v) is 14.0. The Kier molecular flexibility index (Phi) is 4.73. The number of sulfone groups is 1. The van der Waals surface area contributed by atoms with E-state index in [4.69, 9.17) is 9.47 Å². The Hall–Kier alpha value is -1.40. The molecule has 0 bridgehead atoms. The molecule has 6 heteroatoms. The Morgan fingerprint density at radius 2 is 1.91 bits per heavy atom.